The van der Waals surface area contributed by atoms with Gasteiger partial charge in [0.25, 0.3) is 5.56 Å². The molecule has 0 bridgehead atoms. The van der Waals surface area contributed by atoms with E-state index in [0.717, 1.165) is 19.4 Å². The summed E-state index contributed by atoms with van der Waals surface area (Å²) in [5, 5.41) is 2.71. The van der Waals surface area contributed by atoms with Crippen molar-refractivity contribution in [2.45, 2.75) is 25.4 Å². The summed E-state index contributed by atoms with van der Waals surface area (Å²) in [6.45, 7) is 1.20. The lowest BCUT2D eigenvalue weighted by atomic mass is 10.2. The van der Waals surface area contributed by atoms with E-state index in [9.17, 15) is 14.4 Å². The molecule has 0 unspecified atom stereocenters. The van der Waals surface area contributed by atoms with Gasteiger partial charge < -0.3 is 15.0 Å². The number of rotatable bonds is 4. The molecule has 1 saturated heterocycles. The van der Waals surface area contributed by atoms with E-state index >= 15 is 0 Å². The number of carbonyl (C=O) groups is 1. The molecule has 1 aliphatic heterocycles. The molecule has 1 aromatic heterocycles. The van der Waals surface area contributed by atoms with E-state index in [1.807, 2.05) is 4.98 Å². The van der Waals surface area contributed by atoms with Crippen LogP contribution in [-0.4, -0.2) is 35.1 Å². The molecule has 3 N–H and O–H groups in total. The Labute approximate surface area is 103 Å². The number of hydrogen-bond donors (Lipinski definition) is 3. The minimum absolute atomic E-state index is 0.0219. The van der Waals surface area contributed by atoms with Crippen LogP contribution in [0.3, 0.4) is 0 Å². The maximum Gasteiger partial charge on any atom is 0.325 e. The molecule has 0 aliphatic carbocycles. The van der Waals surface area contributed by atoms with Crippen LogP contribution >= 0.6 is 0 Å². The van der Waals surface area contributed by atoms with Crippen molar-refractivity contribution in [1.29, 1.82) is 0 Å². The fourth-order valence-electron chi connectivity index (χ4n) is 1.88. The van der Waals surface area contributed by atoms with Gasteiger partial charge in [-0.15, -0.1) is 0 Å². The van der Waals surface area contributed by atoms with Crippen LogP contribution in [0.4, 0.5) is 0 Å². The second-order valence-electron chi connectivity index (χ2n) is 4.23. The van der Waals surface area contributed by atoms with E-state index in [1.54, 1.807) is 0 Å². The van der Waals surface area contributed by atoms with Crippen molar-refractivity contribution < 1.29 is 9.53 Å². The Kier molecular flexibility index (Phi) is 3.93. The number of aromatic amines is 2. The number of H-pyrrole nitrogens is 2. The van der Waals surface area contributed by atoms with Crippen molar-refractivity contribution >= 4 is 5.91 Å². The highest BCUT2D eigenvalue weighted by atomic mass is 16.5. The monoisotopic (exact) mass is 253 g/mol. The number of amides is 1. The van der Waals surface area contributed by atoms with Gasteiger partial charge in [-0.2, -0.15) is 0 Å². The first-order valence-corrected chi connectivity index (χ1v) is 5.84. The van der Waals surface area contributed by atoms with Crippen LogP contribution in [0.15, 0.2) is 15.7 Å². The maximum atomic E-state index is 11.6. The van der Waals surface area contributed by atoms with Gasteiger partial charge in [0, 0.05) is 24.9 Å². The molecule has 7 nitrogen and oxygen atoms in total. The van der Waals surface area contributed by atoms with Crippen LogP contribution in [-0.2, 0) is 16.0 Å². The van der Waals surface area contributed by atoms with Gasteiger partial charge in [-0.3, -0.25) is 14.6 Å². The van der Waals surface area contributed by atoms with Crippen LogP contribution in [0.25, 0.3) is 0 Å². The lowest BCUT2D eigenvalue weighted by molar-refractivity contribution is -0.121. The molecule has 2 heterocycles. The fraction of sp³-hybridized carbons (Fsp3) is 0.545. The van der Waals surface area contributed by atoms with E-state index in [-0.39, 0.29) is 18.4 Å². The number of carbonyl (C=O) groups excluding carboxylic acids is 1. The quantitative estimate of drug-likeness (QED) is 0.633. The van der Waals surface area contributed by atoms with Crippen LogP contribution in [0, 0.1) is 0 Å². The van der Waals surface area contributed by atoms with Gasteiger partial charge in [0.1, 0.15) is 0 Å². The molecule has 0 aromatic carbocycles. The SMILES string of the molecule is O=C(Cc1cc(=O)[nH]c(=O)[nH]1)NC[C@H]1CCCO1. The first-order chi connectivity index (χ1) is 8.63. The van der Waals surface area contributed by atoms with E-state index in [1.165, 1.54) is 6.07 Å². The standard InChI is InChI=1S/C11H15N3O4/c15-9(12-6-8-2-1-3-18-8)4-7-5-10(16)14-11(17)13-7/h5,8H,1-4,6H2,(H,12,15)(H2,13,14,16,17)/t8-/m1/s1. The Morgan fingerprint density at radius 2 is 2.28 bits per heavy atom. The highest BCUT2D eigenvalue weighted by Gasteiger charge is 2.16. The van der Waals surface area contributed by atoms with Crippen molar-refractivity contribution in [3.05, 3.63) is 32.6 Å². The van der Waals surface area contributed by atoms with Gasteiger partial charge >= 0.3 is 5.69 Å². The normalized spacial score (nSPS) is 18.8. The van der Waals surface area contributed by atoms with Crippen molar-refractivity contribution in [1.82, 2.24) is 15.3 Å². The molecule has 1 atom stereocenters. The van der Waals surface area contributed by atoms with E-state index in [0.29, 0.717) is 12.2 Å². The second-order valence-corrected chi connectivity index (χ2v) is 4.23. The van der Waals surface area contributed by atoms with Crippen molar-refractivity contribution in [2.24, 2.45) is 0 Å². The molecule has 7 heteroatoms. The van der Waals surface area contributed by atoms with E-state index in [4.69, 9.17) is 4.74 Å². The number of hydrogen-bond acceptors (Lipinski definition) is 4. The zero-order valence-electron chi connectivity index (χ0n) is 9.82. The lowest BCUT2D eigenvalue weighted by Crippen LogP contribution is -2.34. The molecule has 1 fully saturated rings. The molecular weight excluding hydrogens is 238 g/mol. The molecule has 0 spiro atoms. The summed E-state index contributed by atoms with van der Waals surface area (Å²) in [6, 6.07) is 1.20. The predicted molar refractivity (Wildman–Crippen MR) is 63.4 cm³/mol. The summed E-state index contributed by atoms with van der Waals surface area (Å²) >= 11 is 0. The lowest BCUT2D eigenvalue weighted by Gasteiger charge is -2.10. The van der Waals surface area contributed by atoms with E-state index in [2.05, 4.69) is 10.3 Å². The first kappa shape index (κ1) is 12.6. The zero-order valence-corrected chi connectivity index (χ0v) is 9.82. The van der Waals surface area contributed by atoms with Gasteiger partial charge in [0.05, 0.1) is 12.5 Å². The average molecular weight is 253 g/mol. The van der Waals surface area contributed by atoms with Crippen LogP contribution in [0.5, 0.6) is 0 Å². The summed E-state index contributed by atoms with van der Waals surface area (Å²) in [5.41, 5.74) is -0.821. The summed E-state index contributed by atoms with van der Waals surface area (Å²) in [4.78, 5) is 38.1. The molecule has 1 aromatic rings. The Hall–Kier alpha value is -1.89. The number of aromatic nitrogens is 2. The second kappa shape index (κ2) is 5.63. The Bertz CT molecular complexity index is 499. The van der Waals surface area contributed by atoms with Gasteiger partial charge in [0.2, 0.25) is 5.91 Å². The molecule has 18 heavy (non-hydrogen) atoms. The van der Waals surface area contributed by atoms with Crippen molar-refractivity contribution in [3.8, 4) is 0 Å². The van der Waals surface area contributed by atoms with Crippen LogP contribution in [0.1, 0.15) is 18.5 Å². The number of ether oxygens (including phenoxy) is 1. The molecule has 1 amide bonds. The minimum Gasteiger partial charge on any atom is -0.376 e. The molecule has 98 valence electrons. The predicted octanol–water partition coefficient (Wildman–Crippen LogP) is -1.10. The average Bonchev–Trinajstić information content (AvgIpc) is 2.77. The third-order valence-corrected chi connectivity index (χ3v) is 2.72. The molecule has 0 saturated carbocycles. The summed E-state index contributed by atoms with van der Waals surface area (Å²) < 4.78 is 5.36. The minimum atomic E-state index is -0.607. The smallest absolute Gasteiger partial charge is 0.325 e. The van der Waals surface area contributed by atoms with Gasteiger partial charge in [-0.25, -0.2) is 4.79 Å². The van der Waals surface area contributed by atoms with E-state index < -0.39 is 11.2 Å². The molecular formula is C11H15N3O4. The first-order valence-electron chi connectivity index (χ1n) is 5.84. The Morgan fingerprint density at radius 1 is 1.44 bits per heavy atom. The topological polar surface area (TPSA) is 104 Å². The third kappa shape index (κ3) is 3.56. The largest absolute Gasteiger partial charge is 0.376 e. The highest BCUT2D eigenvalue weighted by molar-refractivity contribution is 5.78. The fourth-order valence-corrected chi connectivity index (χ4v) is 1.88. The number of nitrogens with one attached hydrogen (secondary N) is 3. The molecule has 0 radical (unpaired) electrons. The van der Waals surface area contributed by atoms with Gasteiger partial charge in [0.15, 0.2) is 0 Å². The van der Waals surface area contributed by atoms with Crippen LogP contribution < -0.4 is 16.6 Å². The maximum absolute atomic E-state index is 11.6. The van der Waals surface area contributed by atoms with Crippen molar-refractivity contribution in [2.75, 3.05) is 13.2 Å². The van der Waals surface area contributed by atoms with Crippen LogP contribution in [0.2, 0.25) is 0 Å². The van der Waals surface area contributed by atoms with Crippen molar-refractivity contribution in [3.63, 3.8) is 0 Å². The highest BCUT2D eigenvalue weighted by Crippen LogP contribution is 2.10. The van der Waals surface area contributed by atoms with Gasteiger partial charge in [-0.1, -0.05) is 0 Å². The molecule has 1 aliphatic rings. The Morgan fingerprint density at radius 3 is 2.94 bits per heavy atom. The molecule has 2 rings (SSSR count). The summed E-state index contributed by atoms with van der Waals surface area (Å²) in [6.07, 6.45) is 2.02. The zero-order chi connectivity index (χ0) is 13.0. The summed E-state index contributed by atoms with van der Waals surface area (Å²) in [5.74, 6) is -0.244. The third-order valence-electron chi connectivity index (χ3n) is 2.72. The summed E-state index contributed by atoms with van der Waals surface area (Å²) in [7, 11) is 0. The Balaban J connectivity index is 1.86. The van der Waals surface area contributed by atoms with Gasteiger partial charge in [-0.05, 0) is 12.8 Å².